The van der Waals surface area contributed by atoms with Crippen LogP contribution in [-0.2, 0) is 14.3 Å². The highest BCUT2D eigenvalue weighted by Gasteiger charge is 2.35. The molecule has 2 aromatic carbocycles. The van der Waals surface area contributed by atoms with Gasteiger partial charge in [-0.3, -0.25) is 4.18 Å². The number of hydrogen-bond donors (Lipinski definition) is 0. The molecule has 5 nitrogen and oxygen atoms in total. The van der Waals surface area contributed by atoms with Crippen LogP contribution in [0.15, 0.2) is 47.4 Å². The van der Waals surface area contributed by atoms with Gasteiger partial charge in [-0.15, -0.1) is 0 Å². The second-order valence-corrected chi connectivity index (χ2v) is 8.04. The molecule has 0 aromatic heterocycles. The van der Waals surface area contributed by atoms with E-state index < -0.39 is 28.2 Å². The maximum Gasteiger partial charge on any atom is 0.297 e. The molecule has 2 aromatic rings. The van der Waals surface area contributed by atoms with Crippen molar-refractivity contribution in [3.63, 3.8) is 0 Å². The third-order valence-electron chi connectivity index (χ3n) is 4.54. The fourth-order valence-corrected chi connectivity index (χ4v) is 4.12. The lowest BCUT2D eigenvalue weighted by Gasteiger charge is -2.35. The van der Waals surface area contributed by atoms with Crippen LogP contribution in [0.25, 0.3) is 0 Å². The van der Waals surface area contributed by atoms with E-state index in [-0.39, 0.29) is 30.1 Å². The highest BCUT2D eigenvalue weighted by atomic mass is 32.2. The van der Waals surface area contributed by atoms with Crippen LogP contribution in [0.4, 0.5) is 14.5 Å². The number of rotatable bonds is 5. The molecule has 27 heavy (non-hydrogen) atoms. The minimum Gasteiger partial charge on any atom is -0.497 e. The van der Waals surface area contributed by atoms with Gasteiger partial charge < -0.3 is 9.64 Å². The van der Waals surface area contributed by atoms with Crippen molar-refractivity contribution in [3.05, 3.63) is 53.8 Å². The largest absolute Gasteiger partial charge is 0.497 e. The summed E-state index contributed by atoms with van der Waals surface area (Å²) >= 11 is 0. The SMILES string of the molecule is COc1ccc(F)c(N2CCC(OS(=O)(=O)c3ccc(C)cc3)C(F)C2)c1. The molecule has 2 unspecified atom stereocenters. The lowest BCUT2D eigenvalue weighted by molar-refractivity contribution is 0.0874. The Labute approximate surface area is 157 Å². The number of halogens is 2. The smallest absolute Gasteiger partial charge is 0.297 e. The van der Waals surface area contributed by atoms with Gasteiger partial charge in [0.1, 0.15) is 23.8 Å². The summed E-state index contributed by atoms with van der Waals surface area (Å²) in [7, 11) is -2.60. The molecule has 2 atom stereocenters. The Hall–Kier alpha value is -2.19. The van der Waals surface area contributed by atoms with E-state index in [2.05, 4.69) is 0 Å². The van der Waals surface area contributed by atoms with E-state index in [9.17, 15) is 17.2 Å². The topological polar surface area (TPSA) is 55.8 Å². The van der Waals surface area contributed by atoms with Gasteiger partial charge in [-0.25, -0.2) is 8.78 Å². The van der Waals surface area contributed by atoms with E-state index in [1.54, 1.807) is 12.1 Å². The number of piperidine rings is 1. The van der Waals surface area contributed by atoms with Gasteiger partial charge in [0, 0.05) is 12.6 Å². The molecule has 1 aliphatic heterocycles. The number of alkyl halides is 1. The summed E-state index contributed by atoms with van der Waals surface area (Å²) in [4.78, 5) is 1.52. The summed E-state index contributed by atoms with van der Waals surface area (Å²) in [5, 5.41) is 0. The summed E-state index contributed by atoms with van der Waals surface area (Å²) in [6, 6.07) is 10.4. The molecule has 3 rings (SSSR count). The molecule has 0 amide bonds. The van der Waals surface area contributed by atoms with E-state index in [0.29, 0.717) is 5.75 Å². The van der Waals surface area contributed by atoms with Gasteiger partial charge in [-0.2, -0.15) is 8.42 Å². The maximum absolute atomic E-state index is 14.6. The predicted octanol–water partition coefficient (Wildman–Crippen LogP) is 3.47. The van der Waals surface area contributed by atoms with Crippen LogP contribution in [0.2, 0.25) is 0 Å². The van der Waals surface area contributed by atoms with Crippen molar-refractivity contribution in [2.45, 2.75) is 30.5 Å². The van der Waals surface area contributed by atoms with Gasteiger partial charge in [0.15, 0.2) is 0 Å². The molecule has 0 aliphatic carbocycles. The predicted molar refractivity (Wildman–Crippen MR) is 97.9 cm³/mol. The molecule has 8 heteroatoms. The first-order valence-electron chi connectivity index (χ1n) is 8.52. The van der Waals surface area contributed by atoms with E-state index >= 15 is 0 Å². The second kappa shape index (κ2) is 7.82. The summed E-state index contributed by atoms with van der Waals surface area (Å²) in [5.74, 6) is -0.0308. The molecule has 1 fully saturated rings. The molecule has 146 valence electrons. The average Bonchev–Trinajstić information content (AvgIpc) is 2.64. The fourth-order valence-electron chi connectivity index (χ4n) is 3.00. The number of methoxy groups -OCH3 is 1. The molecular weight excluding hydrogens is 376 g/mol. The monoisotopic (exact) mass is 397 g/mol. The number of benzene rings is 2. The molecular formula is C19H21F2NO4S. The zero-order valence-corrected chi connectivity index (χ0v) is 15.9. The molecule has 0 N–H and O–H groups in total. The maximum atomic E-state index is 14.6. The van der Waals surface area contributed by atoms with Crippen molar-refractivity contribution in [3.8, 4) is 5.75 Å². The molecule has 1 aliphatic rings. The van der Waals surface area contributed by atoms with Crippen molar-refractivity contribution < 1.29 is 26.1 Å². The third kappa shape index (κ3) is 4.39. The first kappa shape index (κ1) is 19.6. The van der Waals surface area contributed by atoms with Crippen LogP contribution in [0.1, 0.15) is 12.0 Å². The standard InChI is InChI=1S/C19H21F2NO4S/c1-13-3-6-15(7-4-13)27(23,24)26-19-9-10-22(12-17(19)21)18-11-14(25-2)5-8-16(18)20/h3-8,11,17,19H,9-10,12H2,1-2H3. The lowest BCUT2D eigenvalue weighted by atomic mass is 10.1. The molecule has 1 saturated heterocycles. The Morgan fingerprint density at radius 1 is 1.15 bits per heavy atom. The molecule has 0 bridgehead atoms. The summed E-state index contributed by atoms with van der Waals surface area (Å²) in [6.07, 6.45) is -2.58. The van der Waals surface area contributed by atoms with Crippen LogP contribution in [0.5, 0.6) is 5.75 Å². The Balaban J connectivity index is 1.71. The van der Waals surface area contributed by atoms with Crippen LogP contribution in [0.3, 0.4) is 0 Å². The van der Waals surface area contributed by atoms with Crippen molar-refractivity contribution in [1.29, 1.82) is 0 Å². The van der Waals surface area contributed by atoms with E-state index in [1.807, 2.05) is 6.92 Å². The number of ether oxygens (including phenoxy) is 1. The Kier molecular flexibility index (Phi) is 5.67. The zero-order chi connectivity index (χ0) is 19.6. The number of aryl methyl sites for hydroxylation is 1. The quantitative estimate of drug-likeness (QED) is 0.724. The van der Waals surface area contributed by atoms with Crippen molar-refractivity contribution in [1.82, 2.24) is 0 Å². The number of anilines is 1. The molecule has 0 radical (unpaired) electrons. The fraction of sp³-hybridized carbons (Fsp3) is 0.368. The minimum absolute atomic E-state index is 0.0124. The van der Waals surface area contributed by atoms with Gasteiger partial charge in [0.05, 0.1) is 24.2 Å². The normalized spacial score (nSPS) is 20.5. The Morgan fingerprint density at radius 2 is 1.85 bits per heavy atom. The first-order chi connectivity index (χ1) is 12.8. The van der Waals surface area contributed by atoms with Gasteiger partial charge in [-0.1, -0.05) is 17.7 Å². The molecule has 0 spiro atoms. The van der Waals surface area contributed by atoms with E-state index in [1.165, 1.54) is 42.3 Å². The van der Waals surface area contributed by atoms with Crippen LogP contribution >= 0.6 is 0 Å². The summed E-state index contributed by atoms with van der Waals surface area (Å²) in [5.41, 5.74) is 1.13. The first-order valence-corrected chi connectivity index (χ1v) is 9.93. The number of nitrogens with zero attached hydrogens (tertiary/aromatic N) is 1. The van der Waals surface area contributed by atoms with Crippen LogP contribution in [0, 0.1) is 12.7 Å². The van der Waals surface area contributed by atoms with Gasteiger partial charge in [0.25, 0.3) is 10.1 Å². The highest BCUT2D eigenvalue weighted by Crippen LogP contribution is 2.30. The Morgan fingerprint density at radius 3 is 2.48 bits per heavy atom. The van der Waals surface area contributed by atoms with E-state index in [4.69, 9.17) is 8.92 Å². The highest BCUT2D eigenvalue weighted by molar-refractivity contribution is 7.86. The third-order valence-corrected chi connectivity index (χ3v) is 5.89. The van der Waals surface area contributed by atoms with Gasteiger partial charge in [0.2, 0.25) is 0 Å². The van der Waals surface area contributed by atoms with Crippen LogP contribution < -0.4 is 9.64 Å². The second-order valence-electron chi connectivity index (χ2n) is 6.47. The summed E-state index contributed by atoms with van der Waals surface area (Å²) < 4.78 is 63.7. The van der Waals surface area contributed by atoms with E-state index in [0.717, 1.165) is 5.56 Å². The van der Waals surface area contributed by atoms with Gasteiger partial charge >= 0.3 is 0 Å². The minimum atomic E-state index is -4.06. The Bertz CT molecular complexity index is 902. The van der Waals surface area contributed by atoms with Crippen molar-refractivity contribution in [2.75, 3.05) is 25.1 Å². The van der Waals surface area contributed by atoms with Crippen LogP contribution in [-0.4, -0.2) is 40.9 Å². The lowest BCUT2D eigenvalue weighted by Crippen LogP contribution is -2.46. The molecule has 0 saturated carbocycles. The van der Waals surface area contributed by atoms with Gasteiger partial charge in [-0.05, 0) is 37.6 Å². The van der Waals surface area contributed by atoms with Crippen molar-refractivity contribution >= 4 is 15.8 Å². The summed E-state index contributed by atoms with van der Waals surface area (Å²) in [6.45, 7) is 1.93. The zero-order valence-electron chi connectivity index (χ0n) is 15.1. The van der Waals surface area contributed by atoms with Crippen molar-refractivity contribution in [2.24, 2.45) is 0 Å². The average molecular weight is 397 g/mol. The number of hydrogen-bond acceptors (Lipinski definition) is 5. The molecule has 1 heterocycles.